The Morgan fingerprint density at radius 2 is 1.66 bits per heavy atom. The van der Waals surface area contributed by atoms with Crippen LogP contribution in [0.15, 0.2) is 30.3 Å². The number of aromatic nitrogens is 4. The smallest absolute Gasteiger partial charge is 0.305 e. The van der Waals surface area contributed by atoms with E-state index in [1.165, 1.54) is 29.4 Å². The minimum atomic E-state index is -0.157. The molecular weight excluding hydrogens is 472 g/mol. The van der Waals surface area contributed by atoms with Crippen LogP contribution in [0.5, 0.6) is 0 Å². The zero-order valence-electron chi connectivity index (χ0n) is 24.4. The maximum atomic E-state index is 9.96. The summed E-state index contributed by atoms with van der Waals surface area (Å²) in [4.78, 5) is 27.1. The van der Waals surface area contributed by atoms with E-state index in [1.54, 1.807) is 6.92 Å². The number of rotatable bonds is 2. The number of nitrogens with zero attached hydrogens (tertiary/aromatic N) is 2. The number of nitrogens with one attached hydrogen (secondary N) is 2. The third-order valence-electron chi connectivity index (χ3n) is 6.90. The molecule has 0 radical (unpaired) electrons. The summed E-state index contributed by atoms with van der Waals surface area (Å²) in [6.45, 7) is 16.6. The lowest BCUT2D eigenvalue weighted by Crippen LogP contribution is -1.94. The number of hydrogen-bond acceptors (Lipinski definition) is 4. The van der Waals surface area contributed by atoms with Gasteiger partial charge in [0.1, 0.15) is 0 Å². The van der Waals surface area contributed by atoms with Crippen molar-refractivity contribution in [2.45, 2.75) is 80.6 Å². The Balaban J connectivity index is 0.000000443. The molecule has 5 heterocycles. The van der Waals surface area contributed by atoms with E-state index in [1.807, 2.05) is 13.8 Å². The van der Waals surface area contributed by atoms with Crippen molar-refractivity contribution in [1.82, 2.24) is 19.9 Å². The molecule has 0 saturated heterocycles. The second-order valence-corrected chi connectivity index (χ2v) is 9.62. The summed E-state index contributed by atoms with van der Waals surface area (Å²) in [6, 6.07) is 11.0. The van der Waals surface area contributed by atoms with Gasteiger partial charge >= 0.3 is 5.97 Å². The first-order valence-corrected chi connectivity index (χ1v) is 13.7. The van der Waals surface area contributed by atoms with Gasteiger partial charge in [-0.3, -0.25) is 9.78 Å². The van der Waals surface area contributed by atoms with Crippen LogP contribution >= 0.6 is 0 Å². The minimum Gasteiger partial charge on any atom is -0.469 e. The van der Waals surface area contributed by atoms with Crippen molar-refractivity contribution >= 4 is 39.7 Å². The van der Waals surface area contributed by atoms with E-state index in [0.29, 0.717) is 12.3 Å². The molecule has 0 saturated carbocycles. The highest BCUT2D eigenvalue weighted by atomic mass is 16.5. The average Bonchev–Trinajstić information content (AvgIpc) is 3.67. The quantitative estimate of drug-likeness (QED) is 0.339. The fourth-order valence-electron chi connectivity index (χ4n) is 4.59. The zero-order chi connectivity index (χ0) is 28.0. The number of aromatic amines is 2. The van der Waals surface area contributed by atoms with Crippen molar-refractivity contribution in [3.63, 3.8) is 0 Å². The molecule has 202 valence electrons. The number of carbonyl (C=O) groups excluding carboxylic acids is 1. The number of methoxy groups -OCH3 is 1. The lowest BCUT2D eigenvalue weighted by molar-refractivity contribution is -0.140. The van der Waals surface area contributed by atoms with Crippen LogP contribution in [0.3, 0.4) is 0 Å². The molecular formula is C32H42N4O2. The maximum Gasteiger partial charge on any atom is 0.305 e. The Hall–Kier alpha value is -3.67. The molecule has 5 rings (SSSR count). The van der Waals surface area contributed by atoms with Crippen molar-refractivity contribution in [2.24, 2.45) is 0 Å². The van der Waals surface area contributed by atoms with Gasteiger partial charge in [-0.05, 0) is 92.3 Å². The van der Waals surface area contributed by atoms with E-state index in [9.17, 15) is 4.79 Å². The van der Waals surface area contributed by atoms with Gasteiger partial charge < -0.3 is 14.7 Å². The Labute approximate surface area is 226 Å². The van der Waals surface area contributed by atoms with Gasteiger partial charge in [0.2, 0.25) is 0 Å². The number of aryl methyl sites for hydroxylation is 2. The van der Waals surface area contributed by atoms with Gasteiger partial charge in [-0.25, -0.2) is 4.98 Å². The second-order valence-electron chi connectivity index (χ2n) is 9.62. The molecule has 6 nitrogen and oxygen atoms in total. The molecule has 2 aliphatic rings. The second kappa shape index (κ2) is 12.7. The van der Waals surface area contributed by atoms with E-state index in [-0.39, 0.29) is 5.97 Å². The van der Waals surface area contributed by atoms with Crippen LogP contribution in [0, 0.1) is 13.8 Å². The molecule has 0 aromatic carbocycles. The predicted molar refractivity (Wildman–Crippen MR) is 159 cm³/mol. The number of ether oxygens (including phenoxy) is 1. The molecule has 8 bridgehead atoms. The van der Waals surface area contributed by atoms with Crippen LogP contribution < -0.4 is 0 Å². The Morgan fingerprint density at radius 3 is 2.29 bits per heavy atom. The highest BCUT2D eigenvalue weighted by Crippen LogP contribution is 2.30. The molecule has 0 fully saturated rings. The van der Waals surface area contributed by atoms with Gasteiger partial charge in [0.25, 0.3) is 0 Å². The molecule has 0 amide bonds. The first-order valence-electron chi connectivity index (χ1n) is 13.7. The number of allylic oxidation sites excluding steroid dienone is 1. The van der Waals surface area contributed by atoms with Crippen molar-refractivity contribution in [3.8, 4) is 0 Å². The largest absolute Gasteiger partial charge is 0.469 e. The van der Waals surface area contributed by atoms with Crippen LogP contribution in [-0.4, -0.2) is 33.0 Å². The Kier molecular flexibility index (Phi) is 9.67. The van der Waals surface area contributed by atoms with Crippen LogP contribution in [0.25, 0.3) is 33.7 Å². The van der Waals surface area contributed by atoms with Gasteiger partial charge in [0.15, 0.2) is 0 Å². The summed E-state index contributed by atoms with van der Waals surface area (Å²) in [5.74, 6) is 0.246. The summed E-state index contributed by atoms with van der Waals surface area (Å²) in [5, 5.41) is 0. The highest BCUT2D eigenvalue weighted by Gasteiger charge is 2.19. The lowest BCUT2D eigenvalue weighted by atomic mass is 10.0. The predicted octanol–water partition coefficient (Wildman–Crippen LogP) is 8.00. The molecule has 2 N–H and O–H groups in total. The standard InChI is InChI=1S/C26H28N4.C4H8O2.C2H6/c1-6-18-10-20-11-19-7-14(2)21(27-19)12-22-15(3)8-24(29-22)17(5)25-9-16(4)23(30-25)13-26(18)28-20;1-3-4(5)6-2;1-2/h7,9-13,15,27-28H,6,8H2,1-5H3;3H2,1-2H3;1-2H3. The number of fused-ring (bicyclic) bond motifs is 8. The monoisotopic (exact) mass is 514 g/mol. The zero-order valence-corrected chi connectivity index (χ0v) is 24.4. The molecule has 38 heavy (non-hydrogen) atoms. The van der Waals surface area contributed by atoms with Crippen molar-refractivity contribution < 1.29 is 9.53 Å². The number of esters is 1. The molecule has 3 aromatic heterocycles. The fraction of sp³-hybridized carbons (Fsp3) is 0.406. The lowest BCUT2D eigenvalue weighted by Gasteiger charge is -2.00. The number of hydrogen-bond donors (Lipinski definition) is 2. The molecule has 1 atom stereocenters. The maximum absolute atomic E-state index is 9.96. The molecule has 2 aliphatic heterocycles. The summed E-state index contributed by atoms with van der Waals surface area (Å²) in [5.41, 5.74) is 13.7. The highest BCUT2D eigenvalue weighted by molar-refractivity contribution is 5.84. The van der Waals surface area contributed by atoms with Gasteiger partial charge in [-0.15, -0.1) is 0 Å². The van der Waals surface area contributed by atoms with Crippen LogP contribution in [0.1, 0.15) is 93.3 Å². The molecule has 1 unspecified atom stereocenters. The topological polar surface area (TPSA) is 83.7 Å². The van der Waals surface area contributed by atoms with Crippen LogP contribution in [-0.2, 0) is 22.4 Å². The SMILES string of the molecule is CC.CCC(=O)OC.CCc1cc2cc3cc(C)c(cc4nc(c(C)c5nc(cc1[nH]2)C(C)=C5)CC4C)[nH]3. The molecule has 3 aromatic rings. The summed E-state index contributed by atoms with van der Waals surface area (Å²) in [7, 11) is 1.38. The summed E-state index contributed by atoms with van der Waals surface area (Å²) < 4.78 is 4.26. The minimum absolute atomic E-state index is 0.157. The number of carbonyl (C=O) groups is 1. The van der Waals surface area contributed by atoms with Gasteiger partial charge in [-0.1, -0.05) is 34.6 Å². The third-order valence-corrected chi connectivity index (χ3v) is 6.90. The van der Waals surface area contributed by atoms with Gasteiger partial charge in [0, 0.05) is 45.8 Å². The Morgan fingerprint density at radius 1 is 0.974 bits per heavy atom. The van der Waals surface area contributed by atoms with E-state index in [2.05, 4.69) is 85.7 Å². The van der Waals surface area contributed by atoms with E-state index in [0.717, 1.165) is 57.7 Å². The molecule has 0 spiro atoms. The normalized spacial score (nSPS) is 14.0. The summed E-state index contributed by atoms with van der Waals surface area (Å²) >= 11 is 0. The van der Waals surface area contributed by atoms with E-state index >= 15 is 0 Å². The van der Waals surface area contributed by atoms with Gasteiger partial charge in [0.05, 0.1) is 18.5 Å². The van der Waals surface area contributed by atoms with Crippen molar-refractivity contribution in [3.05, 3.63) is 69.8 Å². The molecule has 6 heteroatoms. The van der Waals surface area contributed by atoms with Crippen LogP contribution in [0.2, 0.25) is 0 Å². The van der Waals surface area contributed by atoms with Gasteiger partial charge in [-0.2, -0.15) is 0 Å². The Bertz CT molecular complexity index is 1480. The third kappa shape index (κ3) is 6.42. The average molecular weight is 515 g/mol. The van der Waals surface area contributed by atoms with Crippen LogP contribution in [0.4, 0.5) is 0 Å². The fourth-order valence-corrected chi connectivity index (χ4v) is 4.59. The van der Waals surface area contributed by atoms with E-state index < -0.39 is 0 Å². The van der Waals surface area contributed by atoms with E-state index in [4.69, 9.17) is 9.97 Å². The molecule has 0 aliphatic carbocycles. The van der Waals surface area contributed by atoms with Crippen molar-refractivity contribution in [1.29, 1.82) is 0 Å². The summed E-state index contributed by atoms with van der Waals surface area (Å²) in [6.07, 6.45) is 4.60. The van der Waals surface area contributed by atoms with Crippen molar-refractivity contribution in [2.75, 3.05) is 7.11 Å². The number of H-pyrrole nitrogens is 2. The first-order chi connectivity index (χ1) is 18.2. The first kappa shape index (κ1) is 28.9.